The number of fused-ring (bicyclic) bond motifs is 3. The minimum absolute atomic E-state index is 0.191. The van der Waals surface area contributed by atoms with Gasteiger partial charge in [-0.05, 0) is 85.9 Å². The molecule has 3 heteroatoms. The SMILES string of the molecule is Cc1cc(C)c(N2c3ccccc3C(C)(C)c3cc(/C=C4/C(=O)c5ccc(C)cc5C4=O)ccc32)c(C)c1. The molecule has 4 aromatic rings. The Morgan fingerprint density at radius 2 is 1.32 bits per heavy atom. The second-order valence-electron chi connectivity index (χ2n) is 11.3. The highest BCUT2D eigenvalue weighted by Gasteiger charge is 2.38. The molecule has 1 aliphatic carbocycles. The molecule has 3 nitrogen and oxygen atoms in total. The van der Waals surface area contributed by atoms with E-state index in [9.17, 15) is 9.59 Å². The van der Waals surface area contributed by atoms with Crippen LogP contribution in [0, 0.1) is 27.7 Å². The highest BCUT2D eigenvalue weighted by Crippen LogP contribution is 2.53. The Bertz CT molecular complexity index is 1700. The van der Waals surface area contributed by atoms with Gasteiger partial charge in [0.25, 0.3) is 0 Å². The average molecular weight is 498 g/mol. The lowest BCUT2D eigenvalue weighted by atomic mass is 9.73. The first-order chi connectivity index (χ1) is 18.1. The van der Waals surface area contributed by atoms with Crippen LogP contribution in [0.3, 0.4) is 0 Å². The Hall–Kier alpha value is -4.24. The number of carbonyl (C=O) groups is 2. The first kappa shape index (κ1) is 24.1. The molecule has 1 aliphatic heterocycles. The van der Waals surface area contributed by atoms with Crippen LogP contribution in [-0.2, 0) is 5.41 Å². The Labute approximate surface area is 224 Å². The number of nitrogens with zero attached hydrogens (tertiary/aromatic N) is 1. The molecule has 0 saturated carbocycles. The number of benzene rings is 4. The van der Waals surface area contributed by atoms with Crippen molar-refractivity contribution in [3.05, 3.63) is 128 Å². The molecule has 2 aliphatic rings. The van der Waals surface area contributed by atoms with Crippen LogP contribution in [-0.4, -0.2) is 11.6 Å². The quantitative estimate of drug-likeness (QED) is 0.206. The topological polar surface area (TPSA) is 37.4 Å². The molecule has 0 spiro atoms. The van der Waals surface area contributed by atoms with E-state index in [1.54, 1.807) is 12.1 Å². The molecule has 38 heavy (non-hydrogen) atoms. The van der Waals surface area contributed by atoms with Crippen LogP contribution in [0.15, 0.2) is 78.4 Å². The average Bonchev–Trinajstić information content (AvgIpc) is 3.10. The third-order valence-electron chi connectivity index (χ3n) is 8.08. The number of anilines is 3. The van der Waals surface area contributed by atoms with Crippen LogP contribution in [0.2, 0.25) is 0 Å². The van der Waals surface area contributed by atoms with Crippen molar-refractivity contribution in [1.82, 2.24) is 0 Å². The number of rotatable bonds is 2. The molecule has 1 heterocycles. The van der Waals surface area contributed by atoms with E-state index >= 15 is 0 Å². The lowest BCUT2D eigenvalue weighted by Crippen LogP contribution is -2.31. The van der Waals surface area contributed by atoms with Gasteiger partial charge in [0.15, 0.2) is 11.6 Å². The predicted molar refractivity (Wildman–Crippen MR) is 155 cm³/mol. The summed E-state index contributed by atoms with van der Waals surface area (Å²) in [5.74, 6) is -0.386. The molecular weight excluding hydrogens is 466 g/mol. The minimum atomic E-state index is -0.271. The van der Waals surface area contributed by atoms with E-state index in [1.165, 1.54) is 33.6 Å². The molecule has 0 fully saturated rings. The van der Waals surface area contributed by atoms with Gasteiger partial charge in [0, 0.05) is 16.5 Å². The molecule has 4 aromatic carbocycles. The van der Waals surface area contributed by atoms with Crippen molar-refractivity contribution in [1.29, 1.82) is 0 Å². The fourth-order valence-corrected chi connectivity index (χ4v) is 6.31. The molecule has 0 bridgehead atoms. The van der Waals surface area contributed by atoms with Crippen molar-refractivity contribution in [3.8, 4) is 0 Å². The van der Waals surface area contributed by atoms with E-state index in [0.29, 0.717) is 11.1 Å². The summed E-state index contributed by atoms with van der Waals surface area (Å²) in [7, 11) is 0. The number of Topliss-reactive ketones (excluding diaryl/α,β-unsaturated/α-hetero) is 2. The fraction of sp³-hybridized carbons (Fsp3) is 0.200. The summed E-state index contributed by atoms with van der Waals surface area (Å²) in [6, 6.07) is 24.9. The van der Waals surface area contributed by atoms with Crippen LogP contribution in [0.1, 0.15) is 73.5 Å². The van der Waals surface area contributed by atoms with Crippen molar-refractivity contribution in [2.75, 3.05) is 4.90 Å². The number of ketones is 2. The van der Waals surface area contributed by atoms with E-state index in [-0.39, 0.29) is 22.6 Å². The molecule has 6 rings (SSSR count). The number of aryl methyl sites for hydroxylation is 4. The zero-order valence-electron chi connectivity index (χ0n) is 22.8. The summed E-state index contributed by atoms with van der Waals surface area (Å²) in [5.41, 5.74) is 12.4. The smallest absolute Gasteiger partial charge is 0.197 e. The Kier molecular flexibility index (Phi) is 5.32. The van der Waals surface area contributed by atoms with Crippen molar-refractivity contribution in [2.45, 2.75) is 47.0 Å². The zero-order chi connectivity index (χ0) is 26.9. The Morgan fingerprint density at radius 1 is 0.658 bits per heavy atom. The molecule has 0 saturated heterocycles. The molecule has 0 amide bonds. The van der Waals surface area contributed by atoms with Gasteiger partial charge >= 0.3 is 0 Å². The molecule has 0 atom stereocenters. The van der Waals surface area contributed by atoms with Gasteiger partial charge in [0.1, 0.15) is 0 Å². The molecular formula is C35H31NO2. The van der Waals surface area contributed by atoms with Crippen LogP contribution in [0.4, 0.5) is 17.1 Å². The van der Waals surface area contributed by atoms with E-state index in [0.717, 1.165) is 22.4 Å². The molecule has 0 N–H and O–H groups in total. The third-order valence-corrected chi connectivity index (χ3v) is 8.08. The van der Waals surface area contributed by atoms with Crippen LogP contribution < -0.4 is 4.90 Å². The van der Waals surface area contributed by atoms with Crippen LogP contribution >= 0.6 is 0 Å². The number of hydrogen-bond donors (Lipinski definition) is 0. The highest BCUT2D eigenvalue weighted by molar-refractivity contribution is 6.41. The van der Waals surface area contributed by atoms with E-state index in [4.69, 9.17) is 0 Å². The number of carbonyl (C=O) groups excluding carboxylic acids is 2. The summed E-state index contributed by atoms with van der Waals surface area (Å²) in [4.78, 5) is 28.7. The van der Waals surface area contributed by atoms with Crippen molar-refractivity contribution in [2.24, 2.45) is 0 Å². The number of allylic oxidation sites excluding steroid dienone is 1. The van der Waals surface area contributed by atoms with Gasteiger partial charge in [0.2, 0.25) is 0 Å². The Morgan fingerprint density at radius 3 is 2.05 bits per heavy atom. The van der Waals surface area contributed by atoms with E-state index in [1.807, 2.05) is 25.1 Å². The maximum atomic E-state index is 13.2. The third kappa shape index (κ3) is 3.49. The molecule has 0 aromatic heterocycles. The normalized spacial score (nSPS) is 16.5. The van der Waals surface area contributed by atoms with Gasteiger partial charge < -0.3 is 4.90 Å². The fourth-order valence-electron chi connectivity index (χ4n) is 6.31. The maximum absolute atomic E-state index is 13.2. The summed E-state index contributed by atoms with van der Waals surface area (Å²) in [6.07, 6.45) is 1.77. The van der Waals surface area contributed by atoms with Gasteiger partial charge in [-0.2, -0.15) is 0 Å². The lowest BCUT2D eigenvalue weighted by molar-refractivity contribution is 0.0990. The van der Waals surface area contributed by atoms with Crippen LogP contribution in [0.25, 0.3) is 6.08 Å². The number of hydrogen-bond acceptors (Lipinski definition) is 3. The van der Waals surface area contributed by atoms with Crippen molar-refractivity contribution >= 4 is 34.7 Å². The predicted octanol–water partition coefficient (Wildman–Crippen LogP) is 8.49. The summed E-state index contributed by atoms with van der Waals surface area (Å²) < 4.78 is 0. The Balaban J connectivity index is 1.54. The van der Waals surface area contributed by atoms with Crippen molar-refractivity contribution in [3.63, 3.8) is 0 Å². The maximum Gasteiger partial charge on any atom is 0.197 e. The summed E-state index contributed by atoms with van der Waals surface area (Å²) >= 11 is 0. The lowest BCUT2D eigenvalue weighted by Gasteiger charge is -2.43. The standard InChI is InChI=1S/C35H31NO2/c1-20-11-13-25-26(17-20)34(38)27(33(25)37)18-24-12-14-31-29(19-24)35(5,6)28-9-7-8-10-30(28)36(31)32-22(3)15-21(2)16-23(32)4/h7-19H,1-6H3/b27-18-. The second kappa shape index (κ2) is 8.39. The van der Waals surface area contributed by atoms with Gasteiger partial charge in [0.05, 0.1) is 22.6 Å². The monoisotopic (exact) mass is 497 g/mol. The summed E-state index contributed by atoms with van der Waals surface area (Å²) in [5, 5.41) is 0. The molecule has 0 radical (unpaired) electrons. The first-order valence-corrected chi connectivity index (χ1v) is 13.1. The highest BCUT2D eigenvalue weighted by atomic mass is 16.2. The van der Waals surface area contributed by atoms with Gasteiger partial charge in [-0.25, -0.2) is 0 Å². The van der Waals surface area contributed by atoms with Crippen molar-refractivity contribution < 1.29 is 9.59 Å². The largest absolute Gasteiger partial charge is 0.309 e. The molecule has 188 valence electrons. The van der Waals surface area contributed by atoms with E-state index < -0.39 is 0 Å². The molecule has 0 unspecified atom stereocenters. The zero-order valence-corrected chi connectivity index (χ0v) is 22.8. The van der Waals surface area contributed by atoms with Gasteiger partial charge in [-0.1, -0.05) is 73.5 Å². The number of para-hydroxylation sites is 1. The van der Waals surface area contributed by atoms with Gasteiger partial charge in [-0.3, -0.25) is 9.59 Å². The summed E-state index contributed by atoms with van der Waals surface area (Å²) in [6.45, 7) is 12.9. The van der Waals surface area contributed by atoms with Gasteiger partial charge in [-0.15, -0.1) is 0 Å². The minimum Gasteiger partial charge on any atom is -0.309 e. The van der Waals surface area contributed by atoms with E-state index in [2.05, 4.69) is 88.0 Å². The van der Waals surface area contributed by atoms with Crippen LogP contribution in [0.5, 0.6) is 0 Å². The second-order valence-corrected chi connectivity index (χ2v) is 11.3. The first-order valence-electron chi connectivity index (χ1n) is 13.1.